The highest BCUT2D eigenvalue weighted by Gasteiger charge is 2.13. The molecule has 0 fully saturated rings. The Morgan fingerprint density at radius 2 is 1.79 bits per heavy atom. The van der Waals surface area contributed by atoms with Crippen LogP contribution in [0.25, 0.3) is 22.2 Å². The number of nitrogens with zero attached hydrogens (tertiary/aromatic N) is 4. The maximum Gasteiger partial charge on any atom is 0.125 e. The molecule has 5 heteroatoms. The Labute approximate surface area is 163 Å². The second-order valence-electron chi connectivity index (χ2n) is 7.07. The summed E-state index contributed by atoms with van der Waals surface area (Å²) in [6.45, 7) is 3.44. The zero-order valence-corrected chi connectivity index (χ0v) is 15.9. The maximum absolute atomic E-state index is 13.7. The molecule has 0 aliphatic heterocycles. The van der Waals surface area contributed by atoms with E-state index >= 15 is 0 Å². The van der Waals surface area contributed by atoms with E-state index in [1.54, 1.807) is 24.7 Å². The van der Waals surface area contributed by atoms with Crippen molar-refractivity contribution >= 4 is 10.9 Å². The summed E-state index contributed by atoms with van der Waals surface area (Å²) in [6.07, 6.45) is 5.15. The zero-order chi connectivity index (χ0) is 19.5. The van der Waals surface area contributed by atoms with Crippen LogP contribution in [0.2, 0.25) is 0 Å². The van der Waals surface area contributed by atoms with Crippen molar-refractivity contribution in [2.45, 2.75) is 20.0 Å². The summed E-state index contributed by atoms with van der Waals surface area (Å²) < 4.78 is 13.7. The van der Waals surface area contributed by atoms with Gasteiger partial charge < -0.3 is 0 Å². The molecule has 28 heavy (non-hydrogen) atoms. The second kappa shape index (κ2) is 7.82. The van der Waals surface area contributed by atoms with Gasteiger partial charge in [0.15, 0.2) is 0 Å². The molecule has 4 nitrogen and oxygen atoms in total. The number of hydrogen-bond acceptors (Lipinski definition) is 4. The van der Waals surface area contributed by atoms with E-state index in [1.165, 1.54) is 17.7 Å². The SMILES string of the molecule is Cc1ccc(-c2nc3cc(F)ccc3cc2CN(C)Cc2cnccn2)cc1. The summed E-state index contributed by atoms with van der Waals surface area (Å²) in [6, 6.07) is 15.1. The minimum Gasteiger partial charge on any atom is -0.296 e. The first kappa shape index (κ1) is 18.2. The third kappa shape index (κ3) is 4.05. The molecule has 140 valence electrons. The molecule has 0 atom stereocenters. The van der Waals surface area contributed by atoms with E-state index in [4.69, 9.17) is 4.98 Å². The van der Waals surface area contributed by atoms with Crippen LogP contribution in [-0.2, 0) is 13.1 Å². The summed E-state index contributed by atoms with van der Waals surface area (Å²) in [5, 5.41) is 0.931. The molecule has 0 bridgehead atoms. The summed E-state index contributed by atoms with van der Waals surface area (Å²) in [5.74, 6) is -0.276. The molecule has 2 aromatic heterocycles. The molecule has 4 rings (SSSR count). The van der Waals surface area contributed by atoms with Crippen LogP contribution in [0, 0.1) is 12.7 Å². The average Bonchev–Trinajstić information content (AvgIpc) is 2.69. The van der Waals surface area contributed by atoms with E-state index in [2.05, 4.69) is 52.1 Å². The highest BCUT2D eigenvalue weighted by atomic mass is 19.1. The van der Waals surface area contributed by atoms with Gasteiger partial charge in [-0.05, 0) is 37.7 Å². The van der Waals surface area contributed by atoms with Crippen molar-refractivity contribution in [1.29, 1.82) is 0 Å². The van der Waals surface area contributed by atoms with Gasteiger partial charge in [0, 0.05) is 48.7 Å². The summed E-state index contributed by atoms with van der Waals surface area (Å²) in [5.41, 5.74) is 5.77. The topological polar surface area (TPSA) is 41.9 Å². The monoisotopic (exact) mass is 372 g/mol. The van der Waals surface area contributed by atoms with Crippen LogP contribution in [0.4, 0.5) is 4.39 Å². The number of aryl methyl sites for hydroxylation is 1. The Hall–Kier alpha value is -3.18. The predicted octanol–water partition coefficient (Wildman–Crippen LogP) is 4.77. The largest absolute Gasteiger partial charge is 0.296 e. The number of rotatable bonds is 5. The van der Waals surface area contributed by atoms with Crippen molar-refractivity contribution in [1.82, 2.24) is 19.9 Å². The van der Waals surface area contributed by atoms with E-state index in [0.717, 1.165) is 27.9 Å². The minimum absolute atomic E-state index is 0.276. The average molecular weight is 372 g/mol. The lowest BCUT2D eigenvalue weighted by Crippen LogP contribution is -2.19. The summed E-state index contributed by atoms with van der Waals surface area (Å²) >= 11 is 0. The molecule has 0 spiro atoms. The number of hydrogen-bond donors (Lipinski definition) is 0. The minimum atomic E-state index is -0.276. The van der Waals surface area contributed by atoms with Crippen LogP contribution >= 0.6 is 0 Å². The first-order valence-electron chi connectivity index (χ1n) is 9.18. The fraction of sp³-hybridized carbons (Fsp3) is 0.174. The van der Waals surface area contributed by atoms with Crippen LogP contribution in [0.3, 0.4) is 0 Å². The molecule has 0 aliphatic rings. The van der Waals surface area contributed by atoms with Crippen molar-refractivity contribution < 1.29 is 4.39 Å². The summed E-state index contributed by atoms with van der Waals surface area (Å²) in [7, 11) is 2.04. The Morgan fingerprint density at radius 1 is 0.964 bits per heavy atom. The van der Waals surface area contributed by atoms with Crippen molar-refractivity contribution in [2.24, 2.45) is 0 Å². The molecule has 2 heterocycles. The van der Waals surface area contributed by atoms with Crippen molar-refractivity contribution in [3.05, 3.63) is 89.8 Å². The molecule has 0 radical (unpaired) electrons. The molecule has 0 saturated carbocycles. The van der Waals surface area contributed by atoms with Gasteiger partial charge in [-0.15, -0.1) is 0 Å². The summed E-state index contributed by atoms with van der Waals surface area (Å²) in [4.78, 5) is 15.5. The van der Waals surface area contributed by atoms with E-state index in [-0.39, 0.29) is 5.82 Å². The van der Waals surface area contributed by atoms with Gasteiger partial charge in [0.25, 0.3) is 0 Å². The highest BCUT2D eigenvalue weighted by molar-refractivity contribution is 5.83. The smallest absolute Gasteiger partial charge is 0.125 e. The standard InChI is InChI=1S/C23H21FN4/c1-16-3-5-17(6-4-16)23-19(11-18-7-8-20(24)12-22(18)27-23)14-28(2)15-21-13-25-9-10-26-21/h3-13H,14-15H2,1-2H3. The molecule has 0 unspecified atom stereocenters. The van der Waals surface area contributed by atoms with Crippen molar-refractivity contribution in [2.75, 3.05) is 7.05 Å². The van der Waals surface area contributed by atoms with Crippen molar-refractivity contribution in [3.8, 4) is 11.3 Å². The number of pyridine rings is 1. The van der Waals surface area contributed by atoms with Crippen molar-refractivity contribution in [3.63, 3.8) is 0 Å². The lowest BCUT2D eigenvalue weighted by atomic mass is 10.0. The predicted molar refractivity (Wildman–Crippen MR) is 109 cm³/mol. The molecule has 2 aromatic carbocycles. The van der Waals surface area contributed by atoms with Gasteiger partial charge in [0.05, 0.1) is 16.9 Å². The Balaban J connectivity index is 1.73. The quantitative estimate of drug-likeness (QED) is 0.506. The van der Waals surface area contributed by atoms with Gasteiger partial charge in [-0.3, -0.25) is 14.9 Å². The Kier molecular flexibility index (Phi) is 5.08. The molecular weight excluding hydrogens is 351 g/mol. The lowest BCUT2D eigenvalue weighted by molar-refractivity contribution is 0.315. The fourth-order valence-electron chi connectivity index (χ4n) is 3.30. The van der Waals surface area contributed by atoms with Gasteiger partial charge in [0.2, 0.25) is 0 Å². The normalized spacial score (nSPS) is 11.3. The van der Waals surface area contributed by atoms with E-state index in [9.17, 15) is 4.39 Å². The highest BCUT2D eigenvalue weighted by Crippen LogP contribution is 2.27. The molecule has 0 saturated heterocycles. The van der Waals surface area contributed by atoms with Gasteiger partial charge in [-0.1, -0.05) is 29.8 Å². The van der Waals surface area contributed by atoms with Gasteiger partial charge in [-0.2, -0.15) is 0 Å². The van der Waals surface area contributed by atoms with Crippen LogP contribution < -0.4 is 0 Å². The molecule has 0 aliphatic carbocycles. The molecular formula is C23H21FN4. The Morgan fingerprint density at radius 3 is 2.54 bits per heavy atom. The maximum atomic E-state index is 13.7. The van der Waals surface area contributed by atoms with Crippen LogP contribution in [0.1, 0.15) is 16.8 Å². The Bertz CT molecular complexity index is 1090. The molecule has 0 amide bonds. The van der Waals surface area contributed by atoms with Gasteiger partial charge >= 0.3 is 0 Å². The van der Waals surface area contributed by atoms with Crippen LogP contribution in [0.15, 0.2) is 67.1 Å². The van der Waals surface area contributed by atoms with Crippen LogP contribution in [-0.4, -0.2) is 26.9 Å². The van der Waals surface area contributed by atoms with Gasteiger partial charge in [-0.25, -0.2) is 9.37 Å². The van der Waals surface area contributed by atoms with Crippen LogP contribution in [0.5, 0.6) is 0 Å². The number of halogens is 1. The zero-order valence-electron chi connectivity index (χ0n) is 15.9. The fourth-order valence-corrected chi connectivity index (χ4v) is 3.30. The number of benzene rings is 2. The first-order valence-corrected chi connectivity index (χ1v) is 9.18. The number of fused-ring (bicyclic) bond motifs is 1. The van der Waals surface area contributed by atoms with E-state index in [1.807, 2.05) is 7.05 Å². The van der Waals surface area contributed by atoms with Gasteiger partial charge in [0.1, 0.15) is 5.82 Å². The second-order valence-corrected chi connectivity index (χ2v) is 7.07. The van der Waals surface area contributed by atoms with E-state index < -0.39 is 0 Å². The third-order valence-electron chi connectivity index (χ3n) is 4.67. The lowest BCUT2D eigenvalue weighted by Gasteiger charge is -2.19. The number of aromatic nitrogens is 3. The molecule has 4 aromatic rings. The molecule has 0 N–H and O–H groups in total. The first-order chi connectivity index (χ1) is 13.6. The van der Waals surface area contributed by atoms with E-state index in [0.29, 0.717) is 18.6 Å². The third-order valence-corrected chi connectivity index (χ3v) is 4.67.